The maximum Gasteiger partial charge on any atom is 0.0705 e. The summed E-state index contributed by atoms with van der Waals surface area (Å²) in [6.45, 7) is 2.15. The number of nitrogens with zero attached hydrogens (tertiary/aromatic N) is 1. The molecule has 124 valence electrons. The molecule has 1 aliphatic carbocycles. The lowest BCUT2D eigenvalue weighted by Gasteiger charge is -2.17. The van der Waals surface area contributed by atoms with Gasteiger partial charge in [0.2, 0.25) is 0 Å². The van der Waals surface area contributed by atoms with Crippen molar-refractivity contribution >= 4 is 5.57 Å². The van der Waals surface area contributed by atoms with Crippen LogP contribution in [-0.4, -0.2) is 0 Å². The van der Waals surface area contributed by atoms with Crippen LogP contribution in [0.5, 0.6) is 0 Å². The van der Waals surface area contributed by atoms with Crippen molar-refractivity contribution in [3.05, 3.63) is 95.2 Å². The van der Waals surface area contributed by atoms with Gasteiger partial charge in [0.1, 0.15) is 0 Å². The summed E-state index contributed by atoms with van der Waals surface area (Å²) in [4.78, 5) is 4.56. The standard InChI is InChI=1S/C24H23N/c1-18-8-5-6-15-25-24-14-13-22(17-23(18)24)21-12-7-11-20(16-21)19-9-3-2-4-10-19/h3,5-9,11-17,19H,2,4,10H2,1H3/b6-5?,8-5-,15-6+,18-8?,23-18+,25-15?,25-24-. The van der Waals surface area contributed by atoms with Crippen LogP contribution in [0.1, 0.15) is 37.7 Å². The molecule has 1 heteroatoms. The number of benzene rings is 2. The second-order valence-electron chi connectivity index (χ2n) is 6.84. The Morgan fingerprint density at radius 3 is 2.80 bits per heavy atom. The van der Waals surface area contributed by atoms with Crippen molar-refractivity contribution in [2.75, 3.05) is 0 Å². The van der Waals surface area contributed by atoms with E-state index in [2.05, 4.69) is 72.6 Å². The van der Waals surface area contributed by atoms with E-state index in [1.807, 2.05) is 18.4 Å². The van der Waals surface area contributed by atoms with Gasteiger partial charge in [-0.2, -0.15) is 0 Å². The fourth-order valence-electron chi connectivity index (χ4n) is 3.65. The second-order valence-corrected chi connectivity index (χ2v) is 6.84. The van der Waals surface area contributed by atoms with Crippen LogP contribution in [0.4, 0.5) is 0 Å². The zero-order chi connectivity index (χ0) is 17.1. The number of hydrogen-bond acceptors (Lipinski definition) is 1. The number of allylic oxidation sites excluding steroid dienone is 5. The molecule has 1 atom stereocenters. The second kappa shape index (κ2) is 7.06. The minimum atomic E-state index is 0.564. The van der Waals surface area contributed by atoms with Gasteiger partial charge in [0.15, 0.2) is 0 Å². The molecule has 0 amide bonds. The normalized spacial score (nSPS) is 25.2. The Kier molecular flexibility index (Phi) is 4.47. The predicted molar refractivity (Wildman–Crippen MR) is 106 cm³/mol. The highest BCUT2D eigenvalue weighted by atomic mass is 14.7. The fraction of sp³-hybridized carbons (Fsp3) is 0.208. The molecule has 0 fully saturated rings. The Bertz CT molecular complexity index is 989. The predicted octanol–water partition coefficient (Wildman–Crippen LogP) is 5.05. The topological polar surface area (TPSA) is 12.4 Å². The van der Waals surface area contributed by atoms with Crippen molar-refractivity contribution in [1.29, 1.82) is 0 Å². The highest BCUT2D eigenvalue weighted by molar-refractivity contribution is 5.66. The lowest BCUT2D eigenvalue weighted by atomic mass is 9.88. The molecule has 4 rings (SSSR count). The third-order valence-corrected chi connectivity index (χ3v) is 5.08. The van der Waals surface area contributed by atoms with Crippen molar-refractivity contribution in [1.82, 2.24) is 0 Å². The lowest BCUT2D eigenvalue weighted by molar-refractivity contribution is 0.654. The molecule has 2 aromatic rings. The first-order valence-electron chi connectivity index (χ1n) is 9.10. The smallest absolute Gasteiger partial charge is 0.0705 e. The fourth-order valence-corrected chi connectivity index (χ4v) is 3.65. The summed E-state index contributed by atoms with van der Waals surface area (Å²) in [5.74, 6) is 0.564. The zero-order valence-electron chi connectivity index (χ0n) is 14.7. The third kappa shape index (κ3) is 3.41. The van der Waals surface area contributed by atoms with E-state index < -0.39 is 0 Å². The molecule has 0 bridgehead atoms. The van der Waals surface area contributed by atoms with Crippen LogP contribution >= 0.6 is 0 Å². The van der Waals surface area contributed by atoms with Crippen molar-refractivity contribution in [3.8, 4) is 11.1 Å². The highest BCUT2D eigenvalue weighted by Crippen LogP contribution is 2.30. The average Bonchev–Trinajstić information content (AvgIpc) is 2.67. The summed E-state index contributed by atoms with van der Waals surface area (Å²) < 4.78 is 0. The van der Waals surface area contributed by atoms with Crippen LogP contribution in [-0.2, 0) is 0 Å². The van der Waals surface area contributed by atoms with Gasteiger partial charge >= 0.3 is 0 Å². The molecule has 0 aromatic heterocycles. The maximum atomic E-state index is 4.56. The first-order chi connectivity index (χ1) is 12.3. The van der Waals surface area contributed by atoms with Crippen molar-refractivity contribution in [3.63, 3.8) is 0 Å². The zero-order valence-corrected chi connectivity index (χ0v) is 14.7. The Morgan fingerprint density at radius 1 is 1.00 bits per heavy atom. The van der Waals surface area contributed by atoms with E-state index in [9.17, 15) is 0 Å². The van der Waals surface area contributed by atoms with Gasteiger partial charge in [-0.15, -0.1) is 0 Å². The van der Waals surface area contributed by atoms with E-state index in [-0.39, 0.29) is 0 Å². The monoisotopic (exact) mass is 325 g/mol. The molecule has 0 N–H and O–H groups in total. The van der Waals surface area contributed by atoms with Gasteiger partial charge in [0.25, 0.3) is 0 Å². The summed E-state index contributed by atoms with van der Waals surface area (Å²) >= 11 is 0. The number of fused-ring (bicyclic) bond motifs is 1. The summed E-state index contributed by atoms with van der Waals surface area (Å²) in [5, 5.41) is 2.24. The van der Waals surface area contributed by atoms with E-state index in [1.165, 1.54) is 46.7 Å². The third-order valence-electron chi connectivity index (χ3n) is 5.08. The van der Waals surface area contributed by atoms with Gasteiger partial charge < -0.3 is 0 Å². The maximum absolute atomic E-state index is 4.56. The van der Waals surface area contributed by atoms with Crippen molar-refractivity contribution in [2.24, 2.45) is 4.99 Å². The summed E-state index contributed by atoms with van der Waals surface area (Å²) in [6, 6.07) is 15.6. The van der Waals surface area contributed by atoms with E-state index in [4.69, 9.17) is 0 Å². The Morgan fingerprint density at radius 2 is 1.92 bits per heavy atom. The van der Waals surface area contributed by atoms with Crippen LogP contribution < -0.4 is 10.6 Å². The minimum Gasteiger partial charge on any atom is -0.256 e. The molecular weight excluding hydrogens is 302 g/mol. The molecule has 2 aliphatic rings. The molecule has 0 saturated carbocycles. The van der Waals surface area contributed by atoms with Gasteiger partial charge in [-0.3, -0.25) is 4.99 Å². The Hall–Kier alpha value is -2.67. The van der Waals surface area contributed by atoms with Gasteiger partial charge in [-0.1, -0.05) is 54.6 Å². The quantitative estimate of drug-likeness (QED) is 0.685. The average molecular weight is 325 g/mol. The van der Waals surface area contributed by atoms with Gasteiger partial charge in [0.05, 0.1) is 5.36 Å². The minimum absolute atomic E-state index is 0.564. The Labute approximate surface area is 149 Å². The van der Waals surface area contributed by atoms with Gasteiger partial charge in [-0.25, -0.2) is 0 Å². The van der Waals surface area contributed by atoms with E-state index in [0.717, 1.165) is 5.36 Å². The van der Waals surface area contributed by atoms with E-state index >= 15 is 0 Å². The molecule has 1 nitrogen and oxygen atoms in total. The SMILES string of the molecule is CC1=c2/cc(-c3cccc(C4C=CCCC4)c3)cc/c2=N/C=C/C=C\1. The summed E-state index contributed by atoms with van der Waals surface area (Å²) in [5.41, 5.74) is 5.21. The van der Waals surface area contributed by atoms with Crippen LogP contribution in [0.25, 0.3) is 16.7 Å². The first-order valence-corrected chi connectivity index (χ1v) is 9.10. The van der Waals surface area contributed by atoms with E-state index in [1.54, 1.807) is 0 Å². The summed E-state index contributed by atoms with van der Waals surface area (Å²) in [7, 11) is 0. The molecule has 0 spiro atoms. The van der Waals surface area contributed by atoms with Crippen LogP contribution in [0, 0.1) is 0 Å². The van der Waals surface area contributed by atoms with E-state index in [0.29, 0.717) is 5.92 Å². The van der Waals surface area contributed by atoms with Crippen molar-refractivity contribution in [2.45, 2.75) is 32.1 Å². The molecule has 0 radical (unpaired) electrons. The molecule has 1 aliphatic heterocycles. The van der Waals surface area contributed by atoms with Crippen LogP contribution in [0.15, 0.2) is 84.0 Å². The molecule has 1 unspecified atom stereocenters. The summed E-state index contributed by atoms with van der Waals surface area (Å²) in [6.07, 6.45) is 16.5. The Balaban J connectivity index is 1.80. The highest BCUT2D eigenvalue weighted by Gasteiger charge is 2.11. The van der Waals surface area contributed by atoms with Crippen LogP contribution in [0.3, 0.4) is 0 Å². The molecule has 25 heavy (non-hydrogen) atoms. The van der Waals surface area contributed by atoms with Gasteiger partial charge in [0, 0.05) is 17.3 Å². The number of rotatable bonds is 2. The largest absolute Gasteiger partial charge is 0.256 e. The van der Waals surface area contributed by atoms with Crippen molar-refractivity contribution < 1.29 is 0 Å². The molecule has 2 aromatic carbocycles. The molecule has 0 saturated heterocycles. The number of hydrogen-bond donors (Lipinski definition) is 0. The first kappa shape index (κ1) is 15.8. The molecule has 1 heterocycles. The molecular formula is C24H23N. The van der Waals surface area contributed by atoms with Gasteiger partial charge in [-0.05, 0) is 66.7 Å². The lowest BCUT2D eigenvalue weighted by Crippen LogP contribution is -2.26. The van der Waals surface area contributed by atoms with Crippen LogP contribution in [0.2, 0.25) is 0 Å².